The van der Waals surface area contributed by atoms with E-state index in [1.165, 1.54) is 24.4 Å². The van der Waals surface area contributed by atoms with Gasteiger partial charge in [0.25, 0.3) is 11.6 Å². The number of rotatable bonds is 8. The normalized spacial score (nSPS) is 10.9. The molecule has 3 aromatic carbocycles. The van der Waals surface area contributed by atoms with E-state index in [4.69, 9.17) is 0 Å². The molecule has 4 rings (SSSR count). The molecule has 0 aliphatic heterocycles. The number of non-ortho nitro benzene ring substituents is 1. The van der Waals surface area contributed by atoms with Gasteiger partial charge in [0, 0.05) is 28.9 Å². The number of nitro benzene ring substituents is 1. The molecule has 34 heavy (non-hydrogen) atoms. The lowest BCUT2D eigenvalue weighted by Gasteiger charge is -2.10. The van der Waals surface area contributed by atoms with Crippen molar-refractivity contribution in [2.45, 2.75) is 5.16 Å². The first kappa shape index (κ1) is 22.7. The molecule has 0 unspecified atom stereocenters. The van der Waals surface area contributed by atoms with E-state index in [1.54, 1.807) is 34.9 Å². The van der Waals surface area contributed by atoms with Crippen molar-refractivity contribution >= 4 is 29.6 Å². The molecule has 0 spiro atoms. The van der Waals surface area contributed by atoms with Crippen LogP contribution in [-0.2, 0) is 4.79 Å². The summed E-state index contributed by atoms with van der Waals surface area (Å²) >= 11 is 1.15. The molecule has 170 valence electrons. The Bertz CT molecular complexity index is 1360. The van der Waals surface area contributed by atoms with Gasteiger partial charge in [-0.3, -0.25) is 19.5 Å². The van der Waals surface area contributed by atoms with Gasteiger partial charge in [0.05, 0.1) is 16.9 Å². The van der Waals surface area contributed by atoms with Crippen molar-refractivity contribution in [1.29, 1.82) is 0 Å². The molecular formula is C23H18N6O4S. The van der Waals surface area contributed by atoms with Crippen LogP contribution in [0.5, 0.6) is 5.75 Å². The lowest BCUT2D eigenvalue weighted by atomic mass is 10.2. The number of benzene rings is 3. The Morgan fingerprint density at radius 3 is 2.62 bits per heavy atom. The average molecular weight is 475 g/mol. The minimum atomic E-state index is -0.470. The summed E-state index contributed by atoms with van der Waals surface area (Å²) in [6.45, 7) is 0. The highest BCUT2D eigenvalue weighted by atomic mass is 32.2. The van der Waals surface area contributed by atoms with E-state index in [2.05, 4.69) is 20.7 Å². The van der Waals surface area contributed by atoms with Crippen molar-refractivity contribution in [3.8, 4) is 22.8 Å². The summed E-state index contributed by atoms with van der Waals surface area (Å²) in [5.74, 6) is 0.0870. The summed E-state index contributed by atoms with van der Waals surface area (Å²) in [5, 5.41) is 33.7. The van der Waals surface area contributed by atoms with Gasteiger partial charge in [-0.1, -0.05) is 54.2 Å². The van der Waals surface area contributed by atoms with Crippen molar-refractivity contribution < 1.29 is 14.8 Å². The predicted molar refractivity (Wildman–Crippen MR) is 128 cm³/mol. The molecule has 0 aliphatic carbocycles. The largest absolute Gasteiger partial charge is 0.507 e. The molecule has 1 aromatic heterocycles. The number of aromatic hydroxyl groups is 1. The van der Waals surface area contributed by atoms with E-state index in [9.17, 15) is 20.0 Å². The van der Waals surface area contributed by atoms with Crippen LogP contribution in [0.3, 0.4) is 0 Å². The van der Waals surface area contributed by atoms with Crippen LogP contribution in [0.25, 0.3) is 17.1 Å². The van der Waals surface area contributed by atoms with Crippen LogP contribution >= 0.6 is 11.8 Å². The Morgan fingerprint density at radius 1 is 1.09 bits per heavy atom. The first-order chi connectivity index (χ1) is 16.5. The van der Waals surface area contributed by atoms with Crippen molar-refractivity contribution in [2.75, 3.05) is 5.75 Å². The maximum absolute atomic E-state index is 12.3. The minimum absolute atomic E-state index is 0.00197. The molecule has 0 atom stereocenters. The lowest BCUT2D eigenvalue weighted by molar-refractivity contribution is -0.384. The van der Waals surface area contributed by atoms with E-state index in [-0.39, 0.29) is 23.1 Å². The number of carbonyl (C=O) groups is 1. The summed E-state index contributed by atoms with van der Waals surface area (Å²) in [7, 11) is 0. The summed E-state index contributed by atoms with van der Waals surface area (Å²) in [5.41, 5.74) is 4.09. The number of hydrogen-bond donors (Lipinski definition) is 2. The second-order valence-electron chi connectivity index (χ2n) is 6.93. The number of hydrogen-bond acceptors (Lipinski definition) is 8. The quantitative estimate of drug-likeness (QED) is 0.172. The molecule has 0 saturated carbocycles. The van der Waals surface area contributed by atoms with Crippen LogP contribution in [0, 0.1) is 10.1 Å². The summed E-state index contributed by atoms with van der Waals surface area (Å²) in [6.07, 6.45) is 1.35. The highest BCUT2D eigenvalue weighted by Crippen LogP contribution is 2.29. The van der Waals surface area contributed by atoms with E-state index in [0.717, 1.165) is 17.4 Å². The Kier molecular flexibility index (Phi) is 6.94. The number of para-hydroxylation sites is 2. The van der Waals surface area contributed by atoms with Crippen LogP contribution in [-0.4, -0.2) is 42.7 Å². The third-order valence-electron chi connectivity index (χ3n) is 4.62. The molecule has 2 N–H and O–H groups in total. The number of carbonyl (C=O) groups excluding carboxylic acids is 1. The number of hydrazone groups is 1. The third kappa shape index (κ3) is 5.27. The molecule has 10 nitrogen and oxygen atoms in total. The standard InChI is InChI=1S/C23H18N6O4S/c30-20-12-5-4-7-17(20)14-24-25-21(31)15-34-23-27-26-22(28(23)18-9-2-1-3-10-18)16-8-6-11-19(13-16)29(32)33/h1-14,30H,15H2,(H,25,31)/b24-14-. The molecule has 1 heterocycles. The van der Waals surface area contributed by atoms with Gasteiger partial charge in [0.2, 0.25) is 0 Å². The molecule has 0 fully saturated rings. The first-order valence-electron chi connectivity index (χ1n) is 10.0. The number of phenols is 1. The van der Waals surface area contributed by atoms with Gasteiger partial charge in [-0.05, 0) is 24.3 Å². The Labute approximate surface area is 198 Å². The van der Waals surface area contributed by atoms with Crippen molar-refractivity contribution in [3.63, 3.8) is 0 Å². The van der Waals surface area contributed by atoms with Gasteiger partial charge in [0.1, 0.15) is 5.75 Å². The number of thioether (sulfide) groups is 1. The highest BCUT2D eigenvalue weighted by molar-refractivity contribution is 7.99. The van der Waals surface area contributed by atoms with Gasteiger partial charge in [-0.25, -0.2) is 5.43 Å². The number of nitro groups is 1. The zero-order valence-electron chi connectivity index (χ0n) is 17.6. The topological polar surface area (TPSA) is 136 Å². The minimum Gasteiger partial charge on any atom is -0.507 e. The number of nitrogens with one attached hydrogen (secondary N) is 1. The van der Waals surface area contributed by atoms with Crippen LogP contribution in [0.2, 0.25) is 0 Å². The molecule has 4 aromatic rings. The van der Waals surface area contributed by atoms with Gasteiger partial charge in [-0.15, -0.1) is 10.2 Å². The molecule has 0 bridgehead atoms. The zero-order chi connectivity index (χ0) is 23.9. The van der Waals surface area contributed by atoms with Crippen LogP contribution in [0.4, 0.5) is 5.69 Å². The Hall–Kier alpha value is -4.51. The monoisotopic (exact) mass is 474 g/mol. The van der Waals surface area contributed by atoms with Crippen molar-refractivity contribution in [2.24, 2.45) is 5.10 Å². The number of amides is 1. The van der Waals surface area contributed by atoms with E-state index in [0.29, 0.717) is 22.1 Å². The molecule has 11 heteroatoms. The smallest absolute Gasteiger partial charge is 0.270 e. The predicted octanol–water partition coefficient (Wildman–Crippen LogP) is 3.79. The summed E-state index contributed by atoms with van der Waals surface area (Å²) < 4.78 is 1.74. The molecule has 0 saturated heterocycles. The van der Waals surface area contributed by atoms with E-state index < -0.39 is 4.92 Å². The maximum atomic E-state index is 12.3. The zero-order valence-corrected chi connectivity index (χ0v) is 18.4. The van der Waals surface area contributed by atoms with Crippen molar-refractivity contribution in [3.05, 3.63) is 94.5 Å². The van der Waals surface area contributed by atoms with Crippen LogP contribution in [0.15, 0.2) is 89.1 Å². The second-order valence-corrected chi connectivity index (χ2v) is 7.87. The van der Waals surface area contributed by atoms with Crippen LogP contribution in [0.1, 0.15) is 5.56 Å². The molecule has 0 aliphatic rings. The first-order valence-corrected chi connectivity index (χ1v) is 11.0. The SMILES string of the molecule is O=C(CSc1nnc(-c2cccc([N+](=O)[O-])c2)n1-c1ccccc1)N/N=C\c1ccccc1O. The fourth-order valence-corrected chi connectivity index (χ4v) is 3.80. The second kappa shape index (κ2) is 10.4. The van der Waals surface area contributed by atoms with E-state index >= 15 is 0 Å². The fraction of sp³-hybridized carbons (Fsp3) is 0.0435. The summed E-state index contributed by atoms with van der Waals surface area (Å²) in [6, 6.07) is 22.0. The average Bonchev–Trinajstić information content (AvgIpc) is 3.28. The maximum Gasteiger partial charge on any atom is 0.270 e. The Morgan fingerprint density at radius 2 is 1.85 bits per heavy atom. The Balaban J connectivity index is 1.54. The number of nitrogens with zero attached hydrogens (tertiary/aromatic N) is 5. The molecule has 1 amide bonds. The van der Waals surface area contributed by atoms with Gasteiger partial charge in [0.15, 0.2) is 11.0 Å². The number of phenolic OH excluding ortho intramolecular Hbond substituents is 1. The highest BCUT2D eigenvalue weighted by Gasteiger charge is 2.19. The van der Waals surface area contributed by atoms with Gasteiger partial charge < -0.3 is 5.11 Å². The lowest BCUT2D eigenvalue weighted by Crippen LogP contribution is -2.20. The summed E-state index contributed by atoms with van der Waals surface area (Å²) in [4.78, 5) is 23.0. The van der Waals surface area contributed by atoms with Gasteiger partial charge >= 0.3 is 0 Å². The fourth-order valence-electron chi connectivity index (χ4n) is 3.05. The van der Waals surface area contributed by atoms with Crippen molar-refractivity contribution in [1.82, 2.24) is 20.2 Å². The van der Waals surface area contributed by atoms with Gasteiger partial charge in [-0.2, -0.15) is 5.10 Å². The molecule has 0 radical (unpaired) electrons. The molecular weight excluding hydrogens is 456 g/mol. The number of aromatic nitrogens is 3. The van der Waals surface area contributed by atoms with Crippen LogP contribution < -0.4 is 5.43 Å². The third-order valence-corrected chi connectivity index (χ3v) is 5.55. The van der Waals surface area contributed by atoms with E-state index in [1.807, 2.05) is 30.3 Å².